The zero-order valence-electron chi connectivity index (χ0n) is 19.8. The summed E-state index contributed by atoms with van der Waals surface area (Å²) >= 11 is 3.42. The SMILES string of the molecule is CCCN1C(=O)c2c(C(=O)NCc3cccc(Br)c3)ncn2C[C@@]1(C)C(=O)NCc1ccccc1. The number of carbonyl (C=O) groups excluding carboxylic acids is 3. The molecule has 182 valence electrons. The molecule has 0 aliphatic carbocycles. The van der Waals surface area contributed by atoms with Gasteiger partial charge in [0.15, 0.2) is 5.69 Å². The number of carbonyl (C=O) groups is 3. The lowest BCUT2D eigenvalue weighted by Crippen LogP contribution is -2.64. The average Bonchev–Trinajstić information content (AvgIpc) is 3.28. The molecule has 2 N–H and O–H groups in total. The second-order valence-corrected chi connectivity index (χ2v) is 9.70. The predicted molar refractivity (Wildman–Crippen MR) is 136 cm³/mol. The third-order valence-corrected chi connectivity index (χ3v) is 6.64. The lowest BCUT2D eigenvalue weighted by atomic mass is 9.94. The van der Waals surface area contributed by atoms with Gasteiger partial charge in [0, 0.05) is 24.1 Å². The molecule has 1 atom stereocenters. The average molecular weight is 538 g/mol. The molecule has 2 aromatic carbocycles. The molecule has 3 amide bonds. The van der Waals surface area contributed by atoms with Crippen molar-refractivity contribution in [1.29, 1.82) is 0 Å². The van der Waals surface area contributed by atoms with Gasteiger partial charge in [-0.3, -0.25) is 14.4 Å². The molecular formula is C26H28BrN5O3. The summed E-state index contributed by atoms with van der Waals surface area (Å²) in [6.45, 7) is 4.98. The van der Waals surface area contributed by atoms with Crippen molar-refractivity contribution in [3.05, 3.63) is 87.9 Å². The number of fused-ring (bicyclic) bond motifs is 1. The van der Waals surface area contributed by atoms with E-state index in [1.165, 1.54) is 6.33 Å². The highest BCUT2D eigenvalue weighted by Gasteiger charge is 2.48. The molecule has 1 aliphatic heterocycles. The maximum absolute atomic E-state index is 13.6. The Hall–Kier alpha value is -3.46. The van der Waals surface area contributed by atoms with Gasteiger partial charge in [0.2, 0.25) is 5.91 Å². The molecule has 0 spiro atoms. The first-order chi connectivity index (χ1) is 16.8. The molecular weight excluding hydrogens is 510 g/mol. The second-order valence-electron chi connectivity index (χ2n) is 8.78. The van der Waals surface area contributed by atoms with Crippen molar-refractivity contribution in [2.24, 2.45) is 0 Å². The predicted octanol–water partition coefficient (Wildman–Crippen LogP) is 3.52. The summed E-state index contributed by atoms with van der Waals surface area (Å²) in [4.78, 5) is 45.7. The van der Waals surface area contributed by atoms with Gasteiger partial charge in [-0.25, -0.2) is 4.98 Å². The first-order valence-corrected chi connectivity index (χ1v) is 12.3. The normalized spacial score (nSPS) is 17.1. The van der Waals surface area contributed by atoms with Crippen LogP contribution in [0.5, 0.6) is 0 Å². The maximum Gasteiger partial charge on any atom is 0.273 e. The van der Waals surface area contributed by atoms with E-state index in [0.29, 0.717) is 26.1 Å². The van der Waals surface area contributed by atoms with Crippen LogP contribution in [0.2, 0.25) is 0 Å². The summed E-state index contributed by atoms with van der Waals surface area (Å²) in [7, 11) is 0. The summed E-state index contributed by atoms with van der Waals surface area (Å²) in [6, 6.07) is 17.2. The van der Waals surface area contributed by atoms with E-state index in [2.05, 4.69) is 31.5 Å². The minimum Gasteiger partial charge on any atom is -0.350 e. The van der Waals surface area contributed by atoms with Crippen LogP contribution < -0.4 is 10.6 Å². The van der Waals surface area contributed by atoms with E-state index in [4.69, 9.17) is 0 Å². The van der Waals surface area contributed by atoms with Crippen LogP contribution in [0.15, 0.2) is 65.4 Å². The molecule has 0 radical (unpaired) electrons. The summed E-state index contributed by atoms with van der Waals surface area (Å²) in [5, 5.41) is 5.81. The van der Waals surface area contributed by atoms with Gasteiger partial charge in [0.1, 0.15) is 11.2 Å². The number of nitrogens with zero attached hydrogens (tertiary/aromatic N) is 3. The summed E-state index contributed by atoms with van der Waals surface area (Å²) in [5.74, 6) is -1.05. The highest BCUT2D eigenvalue weighted by Crippen LogP contribution is 2.29. The summed E-state index contributed by atoms with van der Waals surface area (Å²) < 4.78 is 2.53. The van der Waals surface area contributed by atoms with Crippen LogP contribution in [0.3, 0.4) is 0 Å². The highest BCUT2D eigenvalue weighted by molar-refractivity contribution is 9.10. The van der Waals surface area contributed by atoms with Crippen molar-refractivity contribution in [2.75, 3.05) is 6.54 Å². The molecule has 1 aliphatic rings. The third-order valence-electron chi connectivity index (χ3n) is 6.15. The van der Waals surface area contributed by atoms with Crippen molar-refractivity contribution in [1.82, 2.24) is 25.1 Å². The molecule has 1 aromatic heterocycles. The van der Waals surface area contributed by atoms with Crippen LogP contribution in [0.1, 0.15) is 52.4 Å². The number of imidazole rings is 1. The Morgan fingerprint density at radius 3 is 2.49 bits per heavy atom. The molecule has 0 bridgehead atoms. The van der Waals surface area contributed by atoms with E-state index < -0.39 is 11.4 Å². The Balaban J connectivity index is 1.54. The molecule has 35 heavy (non-hydrogen) atoms. The molecule has 0 unspecified atom stereocenters. The molecule has 9 heteroatoms. The van der Waals surface area contributed by atoms with Crippen molar-refractivity contribution in [2.45, 2.75) is 45.4 Å². The van der Waals surface area contributed by atoms with E-state index in [1.807, 2.05) is 61.5 Å². The van der Waals surface area contributed by atoms with Crippen LogP contribution in [0.4, 0.5) is 0 Å². The maximum atomic E-state index is 13.6. The van der Waals surface area contributed by atoms with E-state index in [-0.39, 0.29) is 29.7 Å². The van der Waals surface area contributed by atoms with Crippen molar-refractivity contribution in [3.63, 3.8) is 0 Å². The lowest BCUT2D eigenvalue weighted by molar-refractivity contribution is -0.133. The Kier molecular flexibility index (Phi) is 7.35. The highest BCUT2D eigenvalue weighted by atomic mass is 79.9. The van der Waals surface area contributed by atoms with Gasteiger partial charge in [0.05, 0.1) is 12.9 Å². The van der Waals surface area contributed by atoms with Crippen LogP contribution in [-0.2, 0) is 24.4 Å². The van der Waals surface area contributed by atoms with Crippen molar-refractivity contribution >= 4 is 33.7 Å². The molecule has 0 saturated carbocycles. The largest absolute Gasteiger partial charge is 0.350 e. The molecule has 8 nitrogen and oxygen atoms in total. The number of nitrogens with one attached hydrogen (secondary N) is 2. The quantitative estimate of drug-likeness (QED) is 0.459. The molecule has 3 aromatic rings. The molecule has 0 saturated heterocycles. The minimum absolute atomic E-state index is 0.0674. The van der Waals surface area contributed by atoms with Crippen molar-refractivity contribution < 1.29 is 14.4 Å². The number of rotatable bonds is 8. The van der Waals surface area contributed by atoms with E-state index in [9.17, 15) is 14.4 Å². The summed E-state index contributed by atoms with van der Waals surface area (Å²) in [5.41, 5.74) is 1.06. The smallest absolute Gasteiger partial charge is 0.273 e. The Labute approximate surface area is 212 Å². The zero-order valence-corrected chi connectivity index (χ0v) is 21.3. The topological polar surface area (TPSA) is 96.3 Å². The number of aromatic nitrogens is 2. The second kappa shape index (κ2) is 10.4. The van der Waals surface area contributed by atoms with Crippen LogP contribution in [0.25, 0.3) is 0 Å². The summed E-state index contributed by atoms with van der Waals surface area (Å²) in [6.07, 6.45) is 2.14. The van der Waals surface area contributed by atoms with Crippen LogP contribution in [-0.4, -0.2) is 44.3 Å². The Bertz CT molecular complexity index is 1240. The molecule has 2 heterocycles. The third kappa shape index (κ3) is 5.14. The number of halogens is 1. The van der Waals surface area contributed by atoms with Gasteiger partial charge in [-0.1, -0.05) is 65.3 Å². The van der Waals surface area contributed by atoms with Crippen LogP contribution >= 0.6 is 15.9 Å². The fourth-order valence-corrected chi connectivity index (χ4v) is 4.76. The lowest BCUT2D eigenvalue weighted by Gasteiger charge is -2.43. The number of hydrogen-bond acceptors (Lipinski definition) is 4. The Morgan fingerprint density at radius 2 is 1.77 bits per heavy atom. The van der Waals surface area contributed by atoms with E-state index in [0.717, 1.165) is 15.6 Å². The first kappa shape index (κ1) is 24.7. The van der Waals surface area contributed by atoms with Gasteiger partial charge in [-0.15, -0.1) is 0 Å². The monoisotopic (exact) mass is 537 g/mol. The minimum atomic E-state index is -1.11. The standard InChI is InChI=1S/C26H28BrN5O3/c1-3-12-32-24(34)22-21(23(33)28-15-19-10-7-11-20(27)13-19)30-17-31(22)16-26(32,2)25(35)29-14-18-8-5-4-6-9-18/h4-11,13,17H,3,12,14-16H2,1-2H3,(H,28,33)(H,29,35)/t26-/m0/s1. The first-order valence-electron chi connectivity index (χ1n) is 11.6. The van der Waals surface area contributed by atoms with Gasteiger partial charge in [0.25, 0.3) is 11.8 Å². The van der Waals surface area contributed by atoms with Gasteiger partial charge >= 0.3 is 0 Å². The number of hydrogen-bond donors (Lipinski definition) is 2. The van der Waals surface area contributed by atoms with Gasteiger partial charge in [-0.05, 0) is 36.6 Å². The Morgan fingerprint density at radius 1 is 1.06 bits per heavy atom. The number of amides is 3. The fourth-order valence-electron chi connectivity index (χ4n) is 4.31. The van der Waals surface area contributed by atoms with Crippen LogP contribution in [0, 0.1) is 0 Å². The number of benzene rings is 2. The van der Waals surface area contributed by atoms with E-state index in [1.54, 1.807) is 16.4 Å². The molecule has 4 rings (SSSR count). The fraction of sp³-hybridized carbons (Fsp3) is 0.308. The van der Waals surface area contributed by atoms with Gasteiger partial charge < -0.3 is 20.1 Å². The zero-order chi connectivity index (χ0) is 25.0. The van der Waals surface area contributed by atoms with E-state index >= 15 is 0 Å². The molecule has 0 fully saturated rings. The van der Waals surface area contributed by atoms with Gasteiger partial charge in [-0.2, -0.15) is 0 Å². The van der Waals surface area contributed by atoms with Crippen molar-refractivity contribution in [3.8, 4) is 0 Å².